The van der Waals surface area contributed by atoms with E-state index < -0.39 is 0 Å². The van der Waals surface area contributed by atoms with Crippen LogP contribution in [0.2, 0.25) is 0 Å². The predicted molar refractivity (Wildman–Crippen MR) is 79.5 cm³/mol. The van der Waals surface area contributed by atoms with Gasteiger partial charge < -0.3 is 4.90 Å². The Morgan fingerprint density at radius 1 is 0.833 bits per heavy atom. The van der Waals surface area contributed by atoms with Crippen molar-refractivity contribution in [2.24, 2.45) is 0 Å². The van der Waals surface area contributed by atoms with E-state index in [-0.39, 0.29) is 0 Å². The van der Waals surface area contributed by atoms with Gasteiger partial charge in [0, 0.05) is 17.9 Å². The van der Waals surface area contributed by atoms with E-state index in [9.17, 15) is 0 Å². The Morgan fingerprint density at radius 3 is 2.06 bits per heavy atom. The van der Waals surface area contributed by atoms with E-state index in [1.165, 1.54) is 29.8 Å². The van der Waals surface area contributed by atoms with E-state index in [1.54, 1.807) is 0 Å². The summed E-state index contributed by atoms with van der Waals surface area (Å²) >= 11 is 0. The van der Waals surface area contributed by atoms with Crippen LogP contribution in [0.1, 0.15) is 25.3 Å². The molecule has 2 aromatic carbocycles. The molecule has 0 fully saturated rings. The second kappa shape index (κ2) is 6.25. The third kappa shape index (κ3) is 3.13. The van der Waals surface area contributed by atoms with Crippen molar-refractivity contribution in [3.8, 4) is 0 Å². The summed E-state index contributed by atoms with van der Waals surface area (Å²) in [7, 11) is 0. The van der Waals surface area contributed by atoms with Crippen LogP contribution in [-0.2, 0) is 0 Å². The molecular formula is C17H21N. The molecule has 18 heavy (non-hydrogen) atoms. The maximum atomic E-state index is 2.39. The zero-order valence-electron chi connectivity index (χ0n) is 11.3. The van der Waals surface area contributed by atoms with Gasteiger partial charge in [0.05, 0.1) is 0 Å². The van der Waals surface area contributed by atoms with Crippen molar-refractivity contribution in [1.29, 1.82) is 0 Å². The summed E-state index contributed by atoms with van der Waals surface area (Å²) in [5.41, 5.74) is 3.86. The summed E-state index contributed by atoms with van der Waals surface area (Å²) in [4.78, 5) is 2.39. The normalized spacial score (nSPS) is 10.3. The molecule has 0 bridgehead atoms. The summed E-state index contributed by atoms with van der Waals surface area (Å²) in [6.07, 6.45) is 2.43. The highest BCUT2D eigenvalue weighted by Crippen LogP contribution is 2.25. The van der Waals surface area contributed by atoms with Gasteiger partial charge in [-0.05, 0) is 37.6 Å². The van der Waals surface area contributed by atoms with Crippen LogP contribution in [0.15, 0.2) is 54.6 Å². The van der Waals surface area contributed by atoms with Gasteiger partial charge in [-0.3, -0.25) is 0 Å². The monoisotopic (exact) mass is 239 g/mol. The van der Waals surface area contributed by atoms with Gasteiger partial charge >= 0.3 is 0 Å². The number of benzene rings is 2. The molecule has 0 aliphatic rings. The second-order valence-corrected chi connectivity index (χ2v) is 4.68. The highest BCUT2D eigenvalue weighted by atomic mass is 15.1. The molecule has 2 rings (SSSR count). The van der Waals surface area contributed by atoms with Crippen molar-refractivity contribution in [2.75, 3.05) is 11.4 Å². The third-order valence-electron chi connectivity index (χ3n) is 3.15. The summed E-state index contributed by atoms with van der Waals surface area (Å²) in [6.45, 7) is 5.44. The predicted octanol–water partition coefficient (Wildman–Crippen LogP) is 4.93. The Kier molecular flexibility index (Phi) is 4.40. The van der Waals surface area contributed by atoms with Gasteiger partial charge in [-0.15, -0.1) is 0 Å². The Balaban J connectivity index is 2.27. The van der Waals surface area contributed by atoms with Crippen LogP contribution in [0.4, 0.5) is 11.4 Å². The van der Waals surface area contributed by atoms with Crippen LogP contribution in [0.3, 0.4) is 0 Å². The van der Waals surface area contributed by atoms with Crippen molar-refractivity contribution in [1.82, 2.24) is 0 Å². The first kappa shape index (κ1) is 12.7. The Morgan fingerprint density at radius 2 is 1.44 bits per heavy atom. The lowest BCUT2D eigenvalue weighted by Crippen LogP contribution is -2.18. The highest BCUT2D eigenvalue weighted by Gasteiger charge is 2.07. The number of nitrogens with zero attached hydrogens (tertiary/aromatic N) is 1. The topological polar surface area (TPSA) is 3.24 Å². The molecule has 0 spiro atoms. The van der Waals surface area contributed by atoms with E-state index in [0.29, 0.717) is 0 Å². The first-order valence-corrected chi connectivity index (χ1v) is 6.70. The van der Waals surface area contributed by atoms with Crippen LogP contribution in [0.5, 0.6) is 0 Å². The summed E-state index contributed by atoms with van der Waals surface area (Å²) in [5.74, 6) is 0. The standard InChI is InChI=1S/C17H21N/c1-3-4-14-18(16-8-6-5-7-9-16)17-12-10-15(2)11-13-17/h5-13H,3-4,14H2,1-2H3. The highest BCUT2D eigenvalue weighted by molar-refractivity contribution is 5.63. The van der Waals surface area contributed by atoms with Crippen LogP contribution in [0.25, 0.3) is 0 Å². The van der Waals surface area contributed by atoms with Gasteiger partial charge in [-0.25, -0.2) is 0 Å². The van der Waals surface area contributed by atoms with Crippen LogP contribution in [0, 0.1) is 6.92 Å². The smallest absolute Gasteiger partial charge is 0.0410 e. The van der Waals surface area contributed by atoms with Crippen molar-refractivity contribution >= 4 is 11.4 Å². The molecule has 1 heteroatoms. The molecule has 0 aliphatic heterocycles. The zero-order chi connectivity index (χ0) is 12.8. The van der Waals surface area contributed by atoms with Crippen LogP contribution < -0.4 is 4.90 Å². The lowest BCUT2D eigenvalue weighted by Gasteiger charge is -2.25. The molecular weight excluding hydrogens is 218 g/mol. The third-order valence-corrected chi connectivity index (χ3v) is 3.15. The summed E-state index contributed by atoms with van der Waals surface area (Å²) < 4.78 is 0. The molecule has 2 aromatic rings. The van der Waals surface area contributed by atoms with Crippen molar-refractivity contribution in [3.63, 3.8) is 0 Å². The van der Waals surface area contributed by atoms with Crippen LogP contribution >= 0.6 is 0 Å². The minimum absolute atomic E-state index is 1.07. The molecule has 0 atom stereocenters. The lowest BCUT2D eigenvalue weighted by molar-refractivity contribution is 0.786. The molecule has 1 nitrogen and oxygen atoms in total. The average molecular weight is 239 g/mol. The maximum Gasteiger partial charge on any atom is 0.0410 e. The molecule has 0 saturated heterocycles. The van der Waals surface area contributed by atoms with Gasteiger partial charge in [0.15, 0.2) is 0 Å². The van der Waals surface area contributed by atoms with Crippen molar-refractivity contribution < 1.29 is 0 Å². The Bertz CT molecular complexity index is 459. The summed E-state index contributed by atoms with van der Waals surface area (Å²) in [6, 6.07) is 19.4. The minimum Gasteiger partial charge on any atom is -0.341 e. The number of unbranched alkanes of at least 4 members (excludes halogenated alkanes) is 1. The first-order chi connectivity index (χ1) is 8.81. The number of aryl methyl sites for hydroxylation is 1. The fourth-order valence-electron chi connectivity index (χ4n) is 2.06. The van der Waals surface area contributed by atoms with E-state index in [1.807, 2.05) is 0 Å². The largest absolute Gasteiger partial charge is 0.341 e. The second-order valence-electron chi connectivity index (χ2n) is 4.68. The van der Waals surface area contributed by atoms with Gasteiger partial charge in [-0.2, -0.15) is 0 Å². The fraction of sp³-hybridized carbons (Fsp3) is 0.294. The minimum atomic E-state index is 1.07. The number of para-hydroxylation sites is 1. The molecule has 0 aliphatic carbocycles. The lowest BCUT2D eigenvalue weighted by atomic mass is 10.2. The molecule has 0 aromatic heterocycles. The van der Waals surface area contributed by atoms with Gasteiger partial charge in [0.1, 0.15) is 0 Å². The molecule has 0 unspecified atom stereocenters. The molecule has 0 N–H and O–H groups in total. The summed E-state index contributed by atoms with van der Waals surface area (Å²) in [5, 5.41) is 0. The van der Waals surface area contributed by atoms with E-state index in [0.717, 1.165) is 6.54 Å². The van der Waals surface area contributed by atoms with Gasteiger partial charge in [0.2, 0.25) is 0 Å². The molecule has 94 valence electrons. The number of anilines is 2. The van der Waals surface area contributed by atoms with Gasteiger partial charge in [-0.1, -0.05) is 49.2 Å². The first-order valence-electron chi connectivity index (χ1n) is 6.70. The Hall–Kier alpha value is -1.76. The molecule has 0 amide bonds. The van der Waals surface area contributed by atoms with Gasteiger partial charge in [0.25, 0.3) is 0 Å². The van der Waals surface area contributed by atoms with Crippen molar-refractivity contribution in [2.45, 2.75) is 26.7 Å². The fourth-order valence-corrected chi connectivity index (χ4v) is 2.06. The average Bonchev–Trinajstić information content (AvgIpc) is 2.42. The van der Waals surface area contributed by atoms with Crippen molar-refractivity contribution in [3.05, 3.63) is 60.2 Å². The zero-order valence-corrected chi connectivity index (χ0v) is 11.3. The molecule has 0 heterocycles. The SMILES string of the molecule is CCCCN(c1ccccc1)c1ccc(C)cc1. The quantitative estimate of drug-likeness (QED) is 0.714. The van der Waals surface area contributed by atoms with E-state index in [2.05, 4.69) is 73.3 Å². The number of hydrogen-bond acceptors (Lipinski definition) is 1. The Labute approximate surface area is 110 Å². The number of hydrogen-bond donors (Lipinski definition) is 0. The molecule has 0 radical (unpaired) electrons. The maximum absolute atomic E-state index is 2.39. The number of rotatable bonds is 5. The van der Waals surface area contributed by atoms with Crippen LogP contribution in [-0.4, -0.2) is 6.54 Å². The van der Waals surface area contributed by atoms with E-state index in [4.69, 9.17) is 0 Å². The van der Waals surface area contributed by atoms with E-state index >= 15 is 0 Å². The molecule has 0 saturated carbocycles.